The monoisotopic (exact) mass is 365 g/mol. The lowest BCUT2D eigenvalue weighted by molar-refractivity contribution is -0.222. The van der Waals surface area contributed by atoms with Gasteiger partial charge in [-0.15, -0.1) is 0 Å². The second kappa shape index (κ2) is 7.34. The zero-order valence-corrected chi connectivity index (χ0v) is 14.7. The van der Waals surface area contributed by atoms with Crippen molar-refractivity contribution < 1.29 is 38.4 Å². The molecule has 1 aromatic carbocycles. The molecule has 9 nitrogen and oxygen atoms in total. The molecule has 1 fully saturated rings. The lowest BCUT2D eigenvalue weighted by Gasteiger charge is -2.29. The number of ether oxygens (including phenoxy) is 4. The van der Waals surface area contributed by atoms with Crippen molar-refractivity contribution in [2.45, 2.75) is 26.1 Å². The van der Waals surface area contributed by atoms with Gasteiger partial charge in [0.2, 0.25) is 0 Å². The van der Waals surface area contributed by atoms with Crippen molar-refractivity contribution in [3.8, 4) is 11.5 Å². The molecule has 0 saturated carbocycles. The summed E-state index contributed by atoms with van der Waals surface area (Å²) in [5.74, 6) is -3.73. The van der Waals surface area contributed by atoms with E-state index in [1.54, 1.807) is 0 Å². The van der Waals surface area contributed by atoms with Gasteiger partial charge in [-0.05, 0) is 17.7 Å². The van der Waals surface area contributed by atoms with Gasteiger partial charge in [-0.1, -0.05) is 0 Å². The summed E-state index contributed by atoms with van der Waals surface area (Å²) in [5, 5.41) is 12.8. The predicted octanol–water partition coefficient (Wildman–Crippen LogP) is 1.25. The largest absolute Gasteiger partial charge is 0.503 e. The van der Waals surface area contributed by atoms with Crippen LogP contribution in [0, 0.1) is 0 Å². The van der Waals surface area contributed by atoms with E-state index in [1.165, 1.54) is 40.2 Å². The minimum Gasteiger partial charge on any atom is -0.503 e. The van der Waals surface area contributed by atoms with Crippen molar-refractivity contribution in [3.63, 3.8) is 0 Å². The maximum Gasteiger partial charge on any atom is 0.350 e. The molecule has 0 aromatic heterocycles. The van der Waals surface area contributed by atoms with Crippen molar-refractivity contribution >= 4 is 23.6 Å². The molecule has 1 heterocycles. The Morgan fingerprint density at radius 2 is 1.85 bits per heavy atom. The number of benzene rings is 1. The van der Waals surface area contributed by atoms with Gasteiger partial charge in [-0.25, -0.2) is 9.59 Å². The summed E-state index contributed by atoms with van der Waals surface area (Å²) in [7, 11) is 2.60. The molecule has 0 unspecified atom stereocenters. The van der Waals surface area contributed by atoms with Gasteiger partial charge in [0.15, 0.2) is 17.1 Å². The summed E-state index contributed by atoms with van der Waals surface area (Å²) < 4.78 is 19.6. The Morgan fingerprint density at radius 3 is 2.38 bits per heavy atom. The smallest absolute Gasteiger partial charge is 0.350 e. The number of hydrogen-bond acceptors (Lipinski definition) is 9. The average molecular weight is 365 g/mol. The average Bonchev–Trinajstić information content (AvgIpc) is 2.55. The van der Waals surface area contributed by atoms with E-state index in [4.69, 9.17) is 14.2 Å². The number of carbonyl (C=O) groups excluding carboxylic acids is 3. The lowest BCUT2D eigenvalue weighted by atomic mass is 10.1. The third kappa shape index (κ3) is 4.24. The van der Waals surface area contributed by atoms with Crippen molar-refractivity contribution in [1.29, 1.82) is 0 Å². The number of esters is 3. The Labute approximate surface area is 149 Å². The van der Waals surface area contributed by atoms with Gasteiger partial charge in [-0.3, -0.25) is 4.79 Å². The van der Waals surface area contributed by atoms with E-state index < -0.39 is 23.7 Å². The van der Waals surface area contributed by atoms with E-state index in [1.807, 2.05) is 0 Å². The molecule has 0 bridgehead atoms. The first-order valence-electron chi connectivity index (χ1n) is 7.57. The summed E-state index contributed by atoms with van der Waals surface area (Å²) >= 11 is 0. The first-order chi connectivity index (χ1) is 12.2. The molecule has 9 heteroatoms. The number of aromatic hydroxyl groups is 1. The molecule has 1 aromatic rings. The minimum atomic E-state index is -1.35. The molecular formula is C17H19NO8. The summed E-state index contributed by atoms with van der Waals surface area (Å²) in [6.45, 7) is 2.86. The normalized spacial score (nSPS) is 15.6. The van der Waals surface area contributed by atoms with Gasteiger partial charge < -0.3 is 29.4 Å². The maximum absolute atomic E-state index is 11.9. The van der Waals surface area contributed by atoms with Crippen LogP contribution in [0.15, 0.2) is 23.9 Å². The molecule has 140 valence electrons. The van der Waals surface area contributed by atoms with E-state index in [2.05, 4.69) is 10.1 Å². The topological polar surface area (TPSA) is 120 Å². The van der Waals surface area contributed by atoms with Crippen LogP contribution in [0.1, 0.15) is 19.4 Å². The first-order valence-corrected chi connectivity index (χ1v) is 7.57. The molecule has 0 radical (unpaired) electrons. The van der Waals surface area contributed by atoms with E-state index in [-0.39, 0.29) is 29.2 Å². The van der Waals surface area contributed by atoms with Crippen LogP contribution >= 0.6 is 0 Å². The predicted molar refractivity (Wildman–Crippen MR) is 88.3 cm³/mol. The molecule has 1 aliphatic rings. The third-order valence-electron chi connectivity index (χ3n) is 3.42. The number of nitrogens with one attached hydrogen (secondary N) is 1. The fraction of sp³-hybridized carbons (Fsp3) is 0.353. The fourth-order valence-corrected chi connectivity index (χ4v) is 2.20. The van der Waals surface area contributed by atoms with E-state index >= 15 is 0 Å². The number of cyclic esters (lactones) is 2. The van der Waals surface area contributed by atoms with Crippen LogP contribution in [0.2, 0.25) is 0 Å². The summed E-state index contributed by atoms with van der Waals surface area (Å²) in [4.78, 5) is 35.3. The molecule has 2 N–H and O–H groups in total. The highest BCUT2D eigenvalue weighted by Gasteiger charge is 2.39. The van der Waals surface area contributed by atoms with Crippen molar-refractivity contribution in [1.82, 2.24) is 0 Å². The Morgan fingerprint density at radius 1 is 1.23 bits per heavy atom. The van der Waals surface area contributed by atoms with Crippen LogP contribution in [0.4, 0.5) is 5.69 Å². The standard InChI is InChI=1S/C17H19NO8/c1-17(2)25-15(21)10(16(22)26-17)8-18-11-5-9(7-13(19)24-4)6-12(23-3)14(11)20/h5-6,8,18,20H,7H2,1-4H3. The Balaban J connectivity index is 2.30. The van der Waals surface area contributed by atoms with Crippen LogP contribution in [-0.4, -0.2) is 43.0 Å². The van der Waals surface area contributed by atoms with Gasteiger partial charge in [0.25, 0.3) is 5.79 Å². The number of phenols is 1. The van der Waals surface area contributed by atoms with Gasteiger partial charge in [0.05, 0.1) is 26.3 Å². The van der Waals surface area contributed by atoms with Crippen molar-refractivity contribution in [3.05, 3.63) is 29.5 Å². The molecule has 0 amide bonds. The Hall–Kier alpha value is -3.23. The Bertz CT molecular complexity index is 759. The summed E-state index contributed by atoms with van der Waals surface area (Å²) in [6.07, 6.45) is 0.993. The minimum absolute atomic E-state index is 0.0589. The quantitative estimate of drug-likeness (QED) is 0.344. The van der Waals surface area contributed by atoms with E-state index in [0.717, 1.165) is 6.20 Å². The fourth-order valence-electron chi connectivity index (χ4n) is 2.20. The second-order valence-corrected chi connectivity index (χ2v) is 5.83. The van der Waals surface area contributed by atoms with Crippen LogP contribution in [-0.2, 0) is 35.0 Å². The number of methoxy groups -OCH3 is 2. The molecule has 1 saturated heterocycles. The van der Waals surface area contributed by atoms with Gasteiger partial charge in [0, 0.05) is 20.0 Å². The molecule has 1 aliphatic heterocycles. The highest BCUT2D eigenvalue weighted by Crippen LogP contribution is 2.36. The van der Waals surface area contributed by atoms with Crippen LogP contribution < -0.4 is 10.1 Å². The van der Waals surface area contributed by atoms with Crippen LogP contribution in [0.25, 0.3) is 0 Å². The second-order valence-electron chi connectivity index (χ2n) is 5.83. The molecular weight excluding hydrogens is 346 g/mol. The molecule has 0 spiro atoms. The summed E-state index contributed by atoms with van der Waals surface area (Å²) in [5.41, 5.74) is 0.226. The molecule has 0 aliphatic carbocycles. The van der Waals surface area contributed by atoms with Crippen molar-refractivity contribution in [2.24, 2.45) is 0 Å². The van der Waals surface area contributed by atoms with E-state index in [9.17, 15) is 19.5 Å². The van der Waals surface area contributed by atoms with Gasteiger partial charge in [0.1, 0.15) is 0 Å². The van der Waals surface area contributed by atoms with Gasteiger partial charge >= 0.3 is 17.9 Å². The number of hydrogen-bond donors (Lipinski definition) is 2. The third-order valence-corrected chi connectivity index (χ3v) is 3.42. The van der Waals surface area contributed by atoms with Crippen LogP contribution in [0.5, 0.6) is 11.5 Å². The molecule has 2 rings (SSSR count). The van der Waals surface area contributed by atoms with E-state index in [0.29, 0.717) is 5.56 Å². The number of anilines is 1. The highest BCUT2D eigenvalue weighted by atomic mass is 16.7. The lowest BCUT2D eigenvalue weighted by Crippen LogP contribution is -2.42. The van der Waals surface area contributed by atoms with Crippen LogP contribution in [0.3, 0.4) is 0 Å². The number of phenolic OH excluding ortho intramolecular Hbond substituents is 1. The molecule has 0 atom stereocenters. The molecule has 26 heavy (non-hydrogen) atoms. The first kappa shape index (κ1) is 19.1. The zero-order chi connectivity index (χ0) is 19.5. The van der Waals surface area contributed by atoms with Gasteiger partial charge in [-0.2, -0.15) is 0 Å². The zero-order valence-electron chi connectivity index (χ0n) is 14.7. The van der Waals surface area contributed by atoms with Crippen molar-refractivity contribution in [2.75, 3.05) is 19.5 Å². The summed E-state index contributed by atoms with van der Waals surface area (Å²) in [6, 6.07) is 2.92. The highest BCUT2D eigenvalue weighted by molar-refractivity contribution is 6.15. The maximum atomic E-state index is 11.9. The Kier molecular flexibility index (Phi) is 5.39. The SMILES string of the molecule is COC(=O)Cc1cc(NC=C2C(=O)OC(C)(C)OC2=O)c(O)c(OC)c1. The number of carbonyl (C=O) groups is 3. The number of rotatable bonds is 5.